The number of hydrogen-bond acceptors (Lipinski definition) is 6. The van der Waals surface area contributed by atoms with Crippen molar-refractivity contribution in [3.05, 3.63) is 70.9 Å². The molecule has 2 atom stereocenters. The van der Waals surface area contributed by atoms with Crippen molar-refractivity contribution >= 4 is 16.9 Å². The highest BCUT2D eigenvalue weighted by Crippen LogP contribution is 2.42. The number of benzene rings is 2. The third-order valence-corrected chi connectivity index (χ3v) is 6.65. The number of carbonyl (C=O) groups is 1. The van der Waals surface area contributed by atoms with E-state index in [1.54, 1.807) is 6.92 Å². The van der Waals surface area contributed by atoms with Crippen molar-refractivity contribution in [3.63, 3.8) is 0 Å². The molecule has 0 unspecified atom stereocenters. The van der Waals surface area contributed by atoms with Crippen LogP contribution in [0.15, 0.2) is 48.5 Å². The lowest BCUT2D eigenvalue weighted by atomic mass is 9.90. The maximum absolute atomic E-state index is 11.6. The molecule has 0 saturated heterocycles. The summed E-state index contributed by atoms with van der Waals surface area (Å²) in [4.78, 5) is 20.1. The van der Waals surface area contributed by atoms with Gasteiger partial charge in [0.1, 0.15) is 12.4 Å². The molecular weight excluding hydrogens is 430 g/mol. The largest absolute Gasteiger partial charge is 0.489 e. The van der Waals surface area contributed by atoms with E-state index in [2.05, 4.69) is 41.3 Å². The summed E-state index contributed by atoms with van der Waals surface area (Å²) in [6.07, 6.45) is 6.46. The van der Waals surface area contributed by atoms with Gasteiger partial charge in [-0.05, 0) is 80.7 Å². The highest BCUT2D eigenvalue weighted by molar-refractivity contribution is 5.83. The molecule has 1 saturated carbocycles. The average Bonchev–Trinajstić information content (AvgIpc) is 3.66. The van der Waals surface area contributed by atoms with Crippen LogP contribution in [0.1, 0.15) is 48.6 Å². The normalized spacial score (nSPS) is 18.4. The summed E-state index contributed by atoms with van der Waals surface area (Å²) >= 11 is 0. The second-order valence-electron chi connectivity index (χ2n) is 8.92. The van der Waals surface area contributed by atoms with Crippen molar-refractivity contribution in [2.45, 2.75) is 52.1 Å². The van der Waals surface area contributed by atoms with Crippen molar-refractivity contribution < 1.29 is 24.4 Å². The van der Waals surface area contributed by atoms with Crippen LogP contribution in [0.25, 0.3) is 10.9 Å². The van der Waals surface area contributed by atoms with Crippen molar-refractivity contribution in [2.75, 3.05) is 13.7 Å². The minimum absolute atomic E-state index is 0.0761. The van der Waals surface area contributed by atoms with Gasteiger partial charge in [0, 0.05) is 16.6 Å². The topological polar surface area (TPSA) is 77.9 Å². The molecule has 2 aromatic carbocycles. The standard InChI is InChI=1S/C26H27NO3.C2H6O2/c1-29-26(28)22-15-18(22)14-17-10-12-19(13-11-17)30-16-23-20-6-2-4-8-24(20)27-25-9-5-3-7-21(23)25;1-2-4-3/h2,4,6,8,10-13,18,22H,3,5,7,9,14-16H2,1H3;3H,2H2,1H3/t18-,22+;/m1./s1. The van der Waals surface area contributed by atoms with Gasteiger partial charge in [0.05, 0.1) is 25.2 Å². The minimum atomic E-state index is -0.0761. The van der Waals surface area contributed by atoms with Crippen LogP contribution in [0.4, 0.5) is 0 Å². The first kappa shape index (κ1) is 24.2. The van der Waals surface area contributed by atoms with Gasteiger partial charge in [0.25, 0.3) is 0 Å². The second-order valence-corrected chi connectivity index (χ2v) is 8.92. The van der Waals surface area contributed by atoms with Gasteiger partial charge in [-0.2, -0.15) is 0 Å². The number of para-hydroxylation sites is 1. The molecule has 0 radical (unpaired) electrons. The van der Waals surface area contributed by atoms with Gasteiger partial charge < -0.3 is 9.47 Å². The van der Waals surface area contributed by atoms with Crippen LogP contribution in [0.5, 0.6) is 5.75 Å². The lowest BCUT2D eigenvalue weighted by molar-refractivity contribution is -0.237. The van der Waals surface area contributed by atoms with E-state index in [9.17, 15) is 4.79 Å². The molecule has 3 aromatic rings. The molecule has 1 heterocycles. The Morgan fingerprint density at radius 1 is 1.09 bits per heavy atom. The van der Waals surface area contributed by atoms with Gasteiger partial charge in [-0.25, -0.2) is 4.89 Å². The molecule has 34 heavy (non-hydrogen) atoms. The van der Waals surface area contributed by atoms with Gasteiger partial charge >= 0.3 is 5.97 Å². The van der Waals surface area contributed by atoms with Crippen molar-refractivity contribution in [2.24, 2.45) is 11.8 Å². The first-order valence-electron chi connectivity index (χ1n) is 12.1. The zero-order chi connectivity index (χ0) is 23.9. The van der Waals surface area contributed by atoms with Crippen molar-refractivity contribution in [3.8, 4) is 5.75 Å². The Hall–Kier alpha value is -2.96. The quantitative estimate of drug-likeness (QED) is 0.282. The molecule has 0 aliphatic heterocycles. The Morgan fingerprint density at radius 2 is 1.82 bits per heavy atom. The van der Waals surface area contributed by atoms with E-state index in [-0.39, 0.29) is 11.9 Å². The molecule has 0 amide bonds. The molecule has 0 bridgehead atoms. The number of esters is 1. The van der Waals surface area contributed by atoms with Gasteiger partial charge in [0.15, 0.2) is 0 Å². The van der Waals surface area contributed by atoms with Crippen LogP contribution in [-0.2, 0) is 40.3 Å². The second kappa shape index (κ2) is 11.4. The molecular formula is C28H33NO5. The lowest BCUT2D eigenvalue weighted by Crippen LogP contribution is -2.11. The summed E-state index contributed by atoms with van der Waals surface area (Å²) in [6.45, 7) is 2.65. The van der Waals surface area contributed by atoms with Crippen molar-refractivity contribution in [1.82, 2.24) is 4.98 Å². The minimum Gasteiger partial charge on any atom is -0.489 e. The number of nitrogens with zero attached hydrogens (tertiary/aromatic N) is 1. The van der Waals surface area contributed by atoms with E-state index in [1.165, 1.54) is 47.7 Å². The number of fused-ring (bicyclic) bond motifs is 2. The van der Waals surface area contributed by atoms with Crippen molar-refractivity contribution in [1.29, 1.82) is 0 Å². The van der Waals surface area contributed by atoms with Crippen LogP contribution in [-0.4, -0.2) is 29.9 Å². The zero-order valence-electron chi connectivity index (χ0n) is 20.0. The summed E-state index contributed by atoms with van der Waals surface area (Å²) in [6, 6.07) is 16.7. The third kappa shape index (κ3) is 5.75. The maximum Gasteiger partial charge on any atom is 0.308 e. The fourth-order valence-corrected chi connectivity index (χ4v) is 4.73. The number of ether oxygens (including phenoxy) is 2. The molecule has 0 spiro atoms. The summed E-state index contributed by atoms with van der Waals surface area (Å²) in [7, 11) is 1.47. The van der Waals surface area contributed by atoms with E-state index >= 15 is 0 Å². The number of rotatable bonds is 7. The Labute approximate surface area is 200 Å². The van der Waals surface area contributed by atoms with E-state index in [1.807, 2.05) is 12.1 Å². The first-order chi connectivity index (χ1) is 16.6. The lowest BCUT2D eigenvalue weighted by Gasteiger charge is -2.21. The van der Waals surface area contributed by atoms with Crippen LogP contribution < -0.4 is 4.74 Å². The van der Waals surface area contributed by atoms with Crippen LogP contribution in [0.3, 0.4) is 0 Å². The highest BCUT2D eigenvalue weighted by atomic mass is 17.1. The van der Waals surface area contributed by atoms with Crippen LogP contribution in [0, 0.1) is 11.8 Å². The SMILES string of the molecule is CCOO.COC(=O)[C@H]1C[C@H]1Cc1ccc(OCc2c3c(nc4ccccc24)CCCC3)cc1. The van der Waals surface area contributed by atoms with Gasteiger partial charge in [-0.15, -0.1) is 0 Å². The molecule has 6 heteroatoms. The predicted molar refractivity (Wildman–Crippen MR) is 131 cm³/mol. The van der Waals surface area contributed by atoms with E-state index < -0.39 is 0 Å². The number of pyridine rings is 1. The predicted octanol–water partition coefficient (Wildman–Crippen LogP) is 5.54. The van der Waals surface area contributed by atoms with Gasteiger partial charge in [-0.3, -0.25) is 15.0 Å². The summed E-state index contributed by atoms with van der Waals surface area (Å²) in [5.74, 6) is 1.30. The molecule has 1 N–H and O–H groups in total. The summed E-state index contributed by atoms with van der Waals surface area (Å²) in [5, 5.41) is 8.58. The number of carbonyl (C=O) groups excluding carboxylic acids is 1. The summed E-state index contributed by atoms with van der Waals surface area (Å²) in [5.41, 5.74) is 6.23. The number of methoxy groups -OCH3 is 1. The van der Waals surface area contributed by atoms with E-state index in [0.717, 1.165) is 36.9 Å². The fourth-order valence-electron chi connectivity index (χ4n) is 4.73. The summed E-state index contributed by atoms with van der Waals surface area (Å²) < 4.78 is 11.1. The van der Waals surface area contributed by atoms with E-state index in [4.69, 9.17) is 19.7 Å². The van der Waals surface area contributed by atoms with E-state index in [0.29, 0.717) is 19.1 Å². The fraction of sp³-hybridized carbons (Fsp3) is 0.429. The zero-order valence-corrected chi connectivity index (χ0v) is 20.0. The Bertz CT molecular complexity index is 1110. The average molecular weight is 464 g/mol. The Balaban J connectivity index is 0.000000636. The monoisotopic (exact) mass is 463 g/mol. The third-order valence-electron chi connectivity index (χ3n) is 6.65. The Morgan fingerprint density at radius 3 is 2.56 bits per heavy atom. The van der Waals surface area contributed by atoms with Gasteiger partial charge in [-0.1, -0.05) is 30.3 Å². The number of hydrogen-bond donors (Lipinski definition) is 1. The first-order valence-corrected chi connectivity index (χ1v) is 12.1. The van der Waals surface area contributed by atoms with Crippen LogP contribution in [0.2, 0.25) is 0 Å². The number of aromatic nitrogens is 1. The smallest absolute Gasteiger partial charge is 0.308 e. The number of aryl methyl sites for hydroxylation is 1. The molecule has 2 aliphatic carbocycles. The maximum atomic E-state index is 11.6. The van der Waals surface area contributed by atoms with Gasteiger partial charge in [0.2, 0.25) is 0 Å². The molecule has 5 rings (SSSR count). The molecule has 2 aliphatic rings. The molecule has 6 nitrogen and oxygen atoms in total. The molecule has 1 fully saturated rings. The molecule has 1 aromatic heterocycles. The Kier molecular flexibility index (Phi) is 8.14. The highest BCUT2D eigenvalue weighted by Gasteiger charge is 2.43. The molecule has 180 valence electrons. The van der Waals surface area contributed by atoms with Crippen LogP contribution >= 0.6 is 0 Å².